The summed E-state index contributed by atoms with van der Waals surface area (Å²) in [6, 6.07) is 0.678. The number of hydrogen-bond donors (Lipinski definition) is 1. The SMILES string of the molecule is CCc1nc2c(s1)CC(NC)CC2. The third kappa shape index (κ3) is 1.76. The van der Waals surface area contributed by atoms with Crippen molar-refractivity contribution in [3.63, 3.8) is 0 Å². The number of rotatable bonds is 2. The molecule has 0 radical (unpaired) electrons. The standard InChI is InChI=1S/C10H16N2S/c1-3-10-12-8-5-4-7(11-2)6-9(8)13-10/h7,11H,3-6H2,1-2H3. The highest BCUT2D eigenvalue weighted by Crippen LogP contribution is 2.26. The summed E-state index contributed by atoms with van der Waals surface area (Å²) in [5, 5.41) is 4.66. The van der Waals surface area contributed by atoms with E-state index in [1.807, 2.05) is 11.3 Å². The van der Waals surface area contributed by atoms with Gasteiger partial charge in [0, 0.05) is 10.9 Å². The lowest BCUT2D eigenvalue weighted by atomic mass is 9.98. The van der Waals surface area contributed by atoms with E-state index in [1.54, 1.807) is 0 Å². The van der Waals surface area contributed by atoms with Gasteiger partial charge in [0.25, 0.3) is 0 Å². The number of nitrogens with one attached hydrogen (secondary N) is 1. The van der Waals surface area contributed by atoms with Crippen molar-refractivity contribution in [3.8, 4) is 0 Å². The summed E-state index contributed by atoms with van der Waals surface area (Å²) >= 11 is 1.90. The molecule has 0 amide bonds. The van der Waals surface area contributed by atoms with E-state index in [4.69, 9.17) is 0 Å². The molecule has 13 heavy (non-hydrogen) atoms. The van der Waals surface area contributed by atoms with Crippen LogP contribution in [0.5, 0.6) is 0 Å². The Kier molecular flexibility index (Phi) is 2.65. The number of fused-ring (bicyclic) bond motifs is 1. The van der Waals surface area contributed by atoms with Gasteiger partial charge in [-0.25, -0.2) is 4.98 Å². The van der Waals surface area contributed by atoms with Crippen LogP contribution >= 0.6 is 11.3 Å². The minimum atomic E-state index is 0.678. The summed E-state index contributed by atoms with van der Waals surface area (Å²) < 4.78 is 0. The molecule has 0 bridgehead atoms. The van der Waals surface area contributed by atoms with Gasteiger partial charge in [-0.15, -0.1) is 11.3 Å². The van der Waals surface area contributed by atoms with Gasteiger partial charge in [-0.2, -0.15) is 0 Å². The van der Waals surface area contributed by atoms with Gasteiger partial charge < -0.3 is 5.32 Å². The Morgan fingerprint density at radius 3 is 3.15 bits per heavy atom. The van der Waals surface area contributed by atoms with Crippen LogP contribution in [-0.4, -0.2) is 18.1 Å². The maximum absolute atomic E-state index is 4.63. The van der Waals surface area contributed by atoms with E-state index in [0.717, 1.165) is 12.8 Å². The van der Waals surface area contributed by atoms with Gasteiger partial charge in [0.2, 0.25) is 0 Å². The molecule has 1 heterocycles. The van der Waals surface area contributed by atoms with Crippen LogP contribution in [0.3, 0.4) is 0 Å². The highest BCUT2D eigenvalue weighted by molar-refractivity contribution is 7.11. The molecule has 1 atom stereocenters. The number of nitrogens with zero attached hydrogens (tertiary/aromatic N) is 1. The zero-order chi connectivity index (χ0) is 9.26. The summed E-state index contributed by atoms with van der Waals surface area (Å²) in [4.78, 5) is 6.14. The van der Waals surface area contributed by atoms with Crippen molar-refractivity contribution < 1.29 is 0 Å². The van der Waals surface area contributed by atoms with Crippen LogP contribution in [-0.2, 0) is 19.3 Å². The van der Waals surface area contributed by atoms with Crippen LogP contribution in [0.4, 0.5) is 0 Å². The third-order valence-corrected chi connectivity index (χ3v) is 3.96. The molecule has 2 nitrogen and oxygen atoms in total. The maximum atomic E-state index is 4.63. The molecule has 0 spiro atoms. The van der Waals surface area contributed by atoms with Crippen LogP contribution in [0, 0.1) is 0 Å². The summed E-state index contributed by atoms with van der Waals surface area (Å²) in [5.41, 5.74) is 1.37. The van der Waals surface area contributed by atoms with Gasteiger partial charge in [-0.3, -0.25) is 0 Å². The Hall–Kier alpha value is -0.410. The second kappa shape index (κ2) is 3.76. The third-order valence-electron chi connectivity index (χ3n) is 2.69. The average Bonchev–Trinajstić information content (AvgIpc) is 2.58. The molecule has 0 aliphatic heterocycles. The Balaban J connectivity index is 2.19. The Bertz CT molecular complexity index is 293. The van der Waals surface area contributed by atoms with Crippen LogP contribution < -0.4 is 5.32 Å². The van der Waals surface area contributed by atoms with Gasteiger partial charge in [-0.1, -0.05) is 6.92 Å². The predicted octanol–water partition coefficient (Wildman–Crippen LogP) is 1.78. The van der Waals surface area contributed by atoms with Crippen molar-refractivity contribution in [1.82, 2.24) is 10.3 Å². The lowest BCUT2D eigenvalue weighted by Crippen LogP contribution is -2.30. The summed E-state index contributed by atoms with van der Waals surface area (Å²) in [6.07, 6.45) is 4.68. The second-order valence-electron chi connectivity index (χ2n) is 3.56. The molecule has 1 aliphatic carbocycles. The molecule has 0 saturated carbocycles. The van der Waals surface area contributed by atoms with Crippen molar-refractivity contribution in [2.24, 2.45) is 0 Å². The monoisotopic (exact) mass is 196 g/mol. The molecule has 1 aromatic heterocycles. The normalized spacial score (nSPS) is 21.5. The lowest BCUT2D eigenvalue weighted by Gasteiger charge is -2.19. The van der Waals surface area contributed by atoms with Gasteiger partial charge >= 0.3 is 0 Å². The zero-order valence-electron chi connectivity index (χ0n) is 8.26. The number of hydrogen-bond acceptors (Lipinski definition) is 3. The molecule has 1 aromatic rings. The quantitative estimate of drug-likeness (QED) is 0.780. The van der Waals surface area contributed by atoms with E-state index in [1.165, 1.54) is 28.4 Å². The van der Waals surface area contributed by atoms with Gasteiger partial charge in [0.15, 0.2) is 0 Å². The van der Waals surface area contributed by atoms with Crippen LogP contribution in [0.2, 0.25) is 0 Å². The van der Waals surface area contributed by atoms with Crippen LogP contribution in [0.15, 0.2) is 0 Å². The first-order valence-corrected chi connectivity index (χ1v) is 5.79. The molecular weight excluding hydrogens is 180 g/mol. The first kappa shape index (κ1) is 9.16. The highest BCUT2D eigenvalue weighted by atomic mass is 32.1. The fraction of sp³-hybridized carbons (Fsp3) is 0.700. The van der Waals surface area contributed by atoms with Crippen molar-refractivity contribution in [2.45, 2.75) is 38.6 Å². The molecule has 0 fully saturated rings. The van der Waals surface area contributed by atoms with Crippen molar-refractivity contribution in [1.29, 1.82) is 0 Å². The molecule has 1 N–H and O–H groups in total. The van der Waals surface area contributed by atoms with E-state index < -0.39 is 0 Å². The minimum Gasteiger partial charge on any atom is -0.317 e. The van der Waals surface area contributed by atoms with Crippen LogP contribution in [0.1, 0.15) is 28.9 Å². The van der Waals surface area contributed by atoms with Gasteiger partial charge in [0.05, 0.1) is 10.7 Å². The first-order valence-electron chi connectivity index (χ1n) is 4.98. The summed E-state index contributed by atoms with van der Waals surface area (Å²) in [7, 11) is 2.05. The molecule has 0 saturated heterocycles. The van der Waals surface area contributed by atoms with E-state index in [2.05, 4.69) is 24.3 Å². The predicted molar refractivity (Wildman–Crippen MR) is 56.4 cm³/mol. The summed E-state index contributed by atoms with van der Waals surface area (Å²) in [5.74, 6) is 0. The van der Waals surface area contributed by atoms with Gasteiger partial charge in [0.1, 0.15) is 0 Å². The maximum Gasteiger partial charge on any atom is 0.0928 e. The fourth-order valence-corrected chi connectivity index (χ4v) is 2.96. The number of thiazole rings is 1. The topological polar surface area (TPSA) is 24.9 Å². The molecule has 1 unspecified atom stereocenters. The van der Waals surface area contributed by atoms with Crippen molar-refractivity contribution in [2.75, 3.05) is 7.05 Å². The lowest BCUT2D eigenvalue weighted by molar-refractivity contribution is 0.496. The van der Waals surface area contributed by atoms with E-state index in [-0.39, 0.29) is 0 Å². The van der Waals surface area contributed by atoms with E-state index >= 15 is 0 Å². The van der Waals surface area contributed by atoms with E-state index in [9.17, 15) is 0 Å². The average molecular weight is 196 g/mol. The van der Waals surface area contributed by atoms with Crippen LogP contribution in [0.25, 0.3) is 0 Å². The molecule has 72 valence electrons. The smallest absolute Gasteiger partial charge is 0.0928 e. The number of likely N-dealkylation sites (N-methyl/N-ethyl adjacent to an activating group) is 1. The Morgan fingerprint density at radius 1 is 1.62 bits per heavy atom. The number of aryl methyl sites for hydroxylation is 2. The highest BCUT2D eigenvalue weighted by Gasteiger charge is 2.20. The Morgan fingerprint density at radius 2 is 2.46 bits per heavy atom. The first-order chi connectivity index (χ1) is 6.33. The fourth-order valence-electron chi connectivity index (χ4n) is 1.83. The van der Waals surface area contributed by atoms with Crippen molar-refractivity contribution in [3.05, 3.63) is 15.6 Å². The van der Waals surface area contributed by atoms with E-state index in [0.29, 0.717) is 6.04 Å². The minimum absolute atomic E-state index is 0.678. The molecular formula is C10H16N2S. The molecule has 2 rings (SSSR count). The molecule has 1 aliphatic rings. The second-order valence-corrected chi connectivity index (χ2v) is 4.73. The Labute approximate surface area is 83.4 Å². The van der Waals surface area contributed by atoms with Crippen molar-refractivity contribution >= 4 is 11.3 Å². The zero-order valence-corrected chi connectivity index (χ0v) is 9.08. The molecule has 0 aromatic carbocycles. The summed E-state index contributed by atoms with van der Waals surface area (Å²) in [6.45, 7) is 2.18. The van der Waals surface area contributed by atoms with Gasteiger partial charge in [-0.05, 0) is 32.7 Å². The molecule has 3 heteroatoms. The largest absolute Gasteiger partial charge is 0.317 e. The number of aromatic nitrogens is 1.